The van der Waals surface area contributed by atoms with Gasteiger partial charge in [-0.25, -0.2) is 4.72 Å². The number of hydrogen-bond acceptors (Lipinski definition) is 2. The molecule has 4 rings (SSSR count). The van der Waals surface area contributed by atoms with Crippen LogP contribution in [0.3, 0.4) is 0 Å². The summed E-state index contributed by atoms with van der Waals surface area (Å²) in [5, 5.41) is 0.602. The Morgan fingerprint density at radius 1 is 0.871 bits per heavy atom. The summed E-state index contributed by atoms with van der Waals surface area (Å²) in [5.74, 6) is -0.479. The van der Waals surface area contributed by atoms with Crippen molar-refractivity contribution < 1.29 is 18.5 Å². The lowest BCUT2D eigenvalue weighted by atomic mass is 9.92. The average molecular weight is 473 g/mol. The SMILES string of the molecule is [2H]c1c([2H])c([2H])c(-c2cc(C(C)=O)cc(-c3c([2H])c([2H])c([2H])c([2H])c3[2H])c2[N]Sc2ccc(Cl)cc2Cl)c([2H])c1[2H]. The minimum atomic E-state index is -0.627. The van der Waals surface area contributed by atoms with Gasteiger partial charge in [0.15, 0.2) is 5.78 Å². The number of hydrogen-bond donors (Lipinski definition) is 0. The van der Waals surface area contributed by atoms with Crippen LogP contribution in [0.5, 0.6) is 0 Å². The van der Waals surface area contributed by atoms with Crippen molar-refractivity contribution >= 4 is 46.6 Å². The molecule has 0 amide bonds. The fourth-order valence-corrected chi connectivity index (χ4v) is 3.90. The molecule has 0 spiro atoms. The van der Waals surface area contributed by atoms with Gasteiger partial charge in [-0.2, -0.15) is 0 Å². The maximum atomic E-state index is 12.6. The summed E-state index contributed by atoms with van der Waals surface area (Å²) in [6, 6.07) is 1.17. The Morgan fingerprint density at radius 2 is 1.42 bits per heavy atom. The molecular formula is C26H18Cl2NOS. The molecule has 1 radical (unpaired) electrons. The lowest BCUT2D eigenvalue weighted by molar-refractivity contribution is 0.101. The van der Waals surface area contributed by atoms with Gasteiger partial charge in [-0.3, -0.25) is 4.79 Å². The quantitative estimate of drug-likeness (QED) is 0.208. The van der Waals surface area contributed by atoms with Crippen LogP contribution in [0.25, 0.3) is 22.3 Å². The predicted octanol–water partition coefficient (Wildman–Crippen LogP) is 8.47. The topological polar surface area (TPSA) is 31.2 Å². The second-order valence-corrected chi connectivity index (χ2v) is 7.88. The fourth-order valence-electron chi connectivity index (χ4n) is 2.73. The van der Waals surface area contributed by atoms with E-state index in [1.165, 1.54) is 25.1 Å². The van der Waals surface area contributed by atoms with Crippen LogP contribution in [0.4, 0.5) is 5.69 Å². The normalized spacial score (nSPS) is 15.2. The van der Waals surface area contributed by atoms with E-state index in [-0.39, 0.29) is 38.5 Å². The highest BCUT2D eigenvalue weighted by Crippen LogP contribution is 2.42. The first kappa shape index (κ1) is 12.4. The molecule has 0 N–H and O–H groups in total. The van der Waals surface area contributed by atoms with Crippen molar-refractivity contribution in [2.45, 2.75) is 11.8 Å². The third-order valence-corrected chi connectivity index (χ3v) is 5.67. The highest BCUT2D eigenvalue weighted by atomic mass is 35.5. The van der Waals surface area contributed by atoms with Gasteiger partial charge in [0.25, 0.3) is 0 Å². The van der Waals surface area contributed by atoms with Crippen LogP contribution in [0.1, 0.15) is 31.0 Å². The minimum Gasteiger partial charge on any atom is -0.295 e. The van der Waals surface area contributed by atoms with E-state index in [0.29, 0.717) is 9.92 Å². The second kappa shape index (κ2) is 9.61. The first-order valence-electron chi connectivity index (χ1n) is 13.8. The third kappa shape index (κ3) is 4.96. The molecule has 153 valence electrons. The lowest BCUT2D eigenvalue weighted by Gasteiger charge is -2.17. The van der Waals surface area contributed by atoms with E-state index in [4.69, 9.17) is 36.9 Å². The number of benzene rings is 4. The van der Waals surface area contributed by atoms with Gasteiger partial charge < -0.3 is 0 Å². The van der Waals surface area contributed by atoms with Crippen molar-refractivity contribution in [3.05, 3.63) is 106 Å². The van der Waals surface area contributed by atoms with Crippen molar-refractivity contribution in [1.29, 1.82) is 0 Å². The standard InChI is InChI=1S/C26H18Cl2NOS/c1-17(30)20-14-22(18-8-4-2-5-9-18)26(23(15-20)19-10-6-3-7-11-19)29-31-25-13-12-21(27)16-24(25)28/h2-16H,1H3/i2D,3D,4D,5D,6D,7D,8D,9D,10D,11D. The zero-order valence-corrected chi connectivity index (χ0v) is 18.2. The van der Waals surface area contributed by atoms with Crippen LogP contribution in [0.2, 0.25) is 10.0 Å². The molecule has 0 bridgehead atoms. The number of nitrogens with zero attached hydrogens (tertiary/aromatic N) is 1. The van der Waals surface area contributed by atoms with E-state index in [1.807, 2.05) is 0 Å². The summed E-state index contributed by atoms with van der Waals surface area (Å²) in [4.78, 5) is 13.1. The van der Waals surface area contributed by atoms with Gasteiger partial charge in [0.1, 0.15) is 0 Å². The molecular weight excluding hydrogens is 445 g/mol. The number of carbonyl (C=O) groups is 1. The largest absolute Gasteiger partial charge is 0.295 e. The van der Waals surface area contributed by atoms with E-state index < -0.39 is 66.2 Å². The molecule has 2 nitrogen and oxygen atoms in total. The second-order valence-electron chi connectivity index (χ2n) is 6.23. The highest BCUT2D eigenvalue weighted by Gasteiger charge is 2.18. The number of Topliss-reactive ketones (excluding diaryl/α,β-unsaturated/α-hetero) is 1. The molecule has 4 aromatic carbocycles. The van der Waals surface area contributed by atoms with E-state index in [9.17, 15) is 4.79 Å². The van der Waals surface area contributed by atoms with E-state index in [2.05, 4.69) is 4.72 Å². The Kier molecular flexibility index (Phi) is 3.83. The molecule has 0 atom stereocenters. The Balaban J connectivity index is 2.16. The number of ketones is 1. The molecule has 31 heavy (non-hydrogen) atoms. The van der Waals surface area contributed by atoms with Gasteiger partial charge in [-0.1, -0.05) is 83.6 Å². The van der Waals surface area contributed by atoms with Crippen molar-refractivity contribution in [2.75, 3.05) is 0 Å². The zero-order valence-electron chi connectivity index (χ0n) is 25.9. The first-order valence-corrected chi connectivity index (χ1v) is 10.4. The van der Waals surface area contributed by atoms with Crippen LogP contribution in [-0.2, 0) is 0 Å². The summed E-state index contributed by atoms with van der Waals surface area (Å²) < 4.78 is 87.4. The van der Waals surface area contributed by atoms with Crippen molar-refractivity contribution in [1.82, 2.24) is 4.72 Å². The van der Waals surface area contributed by atoms with Crippen molar-refractivity contribution in [3.8, 4) is 22.3 Å². The van der Waals surface area contributed by atoms with Crippen LogP contribution in [0.15, 0.2) is 95.7 Å². The highest BCUT2D eigenvalue weighted by molar-refractivity contribution is 7.97. The lowest BCUT2D eigenvalue weighted by Crippen LogP contribution is -1.99. The van der Waals surface area contributed by atoms with Crippen LogP contribution in [-0.4, -0.2) is 5.78 Å². The number of carbonyl (C=O) groups excluding carboxylic acids is 1. The molecule has 0 fully saturated rings. The molecule has 0 aromatic heterocycles. The molecule has 0 aliphatic carbocycles. The maximum Gasteiger partial charge on any atom is 0.159 e. The van der Waals surface area contributed by atoms with Gasteiger partial charge in [-0.05, 0) is 48.4 Å². The molecule has 5 heteroatoms. The molecule has 0 aliphatic rings. The number of rotatable bonds is 6. The molecule has 0 saturated carbocycles. The predicted molar refractivity (Wildman–Crippen MR) is 131 cm³/mol. The smallest absolute Gasteiger partial charge is 0.159 e. The number of halogens is 2. The van der Waals surface area contributed by atoms with Crippen LogP contribution in [0, 0.1) is 0 Å². The molecule has 0 heterocycles. The molecule has 4 aromatic rings. The van der Waals surface area contributed by atoms with Crippen LogP contribution >= 0.6 is 35.1 Å². The van der Waals surface area contributed by atoms with E-state index >= 15 is 0 Å². The van der Waals surface area contributed by atoms with Crippen molar-refractivity contribution in [3.63, 3.8) is 0 Å². The van der Waals surface area contributed by atoms with Crippen LogP contribution < -0.4 is 4.72 Å². The summed E-state index contributed by atoms with van der Waals surface area (Å²) in [6.07, 6.45) is 0. The summed E-state index contributed by atoms with van der Waals surface area (Å²) >= 11 is 13.2. The van der Waals surface area contributed by atoms with Gasteiger partial charge >= 0.3 is 0 Å². The average Bonchev–Trinajstić information content (AvgIpc) is 2.93. The van der Waals surface area contributed by atoms with E-state index in [0.717, 1.165) is 11.9 Å². The summed E-state index contributed by atoms with van der Waals surface area (Å²) in [7, 11) is 0. The summed E-state index contributed by atoms with van der Waals surface area (Å²) in [5.41, 5.74) is -0.808. The van der Waals surface area contributed by atoms with Gasteiger partial charge in [-0.15, -0.1) is 0 Å². The van der Waals surface area contributed by atoms with Gasteiger partial charge in [0.2, 0.25) is 0 Å². The third-order valence-electron chi connectivity index (χ3n) is 4.18. The minimum absolute atomic E-state index is 0.00194. The first-order chi connectivity index (χ1) is 19.2. The molecule has 0 aliphatic heterocycles. The monoisotopic (exact) mass is 472 g/mol. The maximum absolute atomic E-state index is 12.6. The summed E-state index contributed by atoms with van der Waals surface area (Å²) in [6.45, 7) is 1.24. The van der Waals surface area contributed by atoms with E-state index in [1.54, 1.807) is 12.1 Å². The molecule has 0 saturated heterocycles. The Morgan fingerprint density at radius 3 is 1.90 bits per heavy atom. The Hall–Kier alpha value is -2.72. The fraction of sp³-hybridized carbons (Fsp3) is 0.0385. The molecule has 0 unspecified atom stereocenters. The van der Waals surface area contributed by atoms with Gasteiger partial charge in [0, 0.05) is 38.6 Å². The Bertz CT molecular complexity index is 1620. The zero-order chi connectivity index (χ0) is 30.5. The van der Waals surface area contributed by atoms with Gasteiger partial charge in [0.05, 0.1) is 24.4 Å². The Labute approximate surface area is 210 Å². The van der Waals surface area contributed by atoms with Crippen molar-refractivity contribution in [2.24, 2.45) is 0 Å².